The second kappa shape index (κ2) is 6.37. The molecule has 0 fully saturated rings. The number of hydrogen-bond donors (Lipinski definition) is 1. The number of nitrogens with zero attached hydrogens (tertiary/aromatic N) is 2. The third kappa shape index (κ3) is 3.47. The molecule has 0 aromatic heterocycles. The highest BCUT2D eigenvalue weighted by Gasteiger charge is 2.43. The summed E-state index contributed by atoms with van der Waals surface area (Å²) in [5, 5.41) is 31.2. The highest BCUT2D eigenvalue weighted by Crippen LogP contribution is 2.28. The third-order valence-corrected chi connectivity index (χ3v) is 2.60. The molecule has 0 aliphatic carbocycles. The predicted octanol–water partition coefficient (Wildman–Crippen LogP) is 1.21. The lowest BCUT2D eigenvalue weighted by Crippen LogP contribution is -2.25. The third-order valence-electron chi connectivity index (χ3n) is 2.60. The summed E-state index contributed by atoms with van der Waals surface area (Å²) in [6.45, 7) is 0.801. The van der Waals surface area contributed by atoms with Gasteiger partial charge in [-0.25, -0.2) is 4.79 Å². The second-order valence-electron chi connectivity index (χ2n) is 3.98. The summed E-state index contributed by atoms with van der Waals surface area (Å²) in [6.07, 6.45) is 0. The molecule has 1 unspecified atom stereocenters. The number of aliphatic carboxylic acids is 1. The molecule has 0 aliphatic heterocycles. The normalized spacial score (nSPS) is 13.0. The highest BCUT2D eigenvalue weighted by atomic mass is 16.6. The minimum absolute atomic E-state index is 0.0887. The Morgan fingerprint density at radius 2 is 1.67 bits per heavy atom. The molecule has 9 heteroatoms. The van der Waals surface area contributed by atoms with Crippen molar-refractivity contribution in [1.29, 1.82) is 0 Å². The number of carboxylic acids is 1. The molecule has 0 saturated heterocycles. The first kappa shape index (κ1) is 16.0. The zero-order chi connectivity index (χ0) is 16.2. The van der Waals surface area contributed by atoms with Gasteiger partial charge in [0.1, 0.15) is 0 Å². The number of carboxylic acid groups (broad SMARTS) is 1. The average molecular weight is 294 g/mol. The molecule has 1 atom stereocenters. The minimum Gasteiger partial charge on any atom is -0.477 e. The lowest BCUT2D eigenvalue weighted by molar-refractivity contribution is -0.561. The fourth-order valence-electron chi connectivity index (χ4n) is 1.78. The molecule has 0 bridgehead atoms. The Labute approximate surface area is 117 Å². The van der Waals surface area contributed by atoms with E-state index in [4.69, 9.17) is 5.11 Å². The van der Waals surface area contributed by atoms with E-state index in [9.17, 15) is 29.8 Å². The van der Waals surface area contributed by atoms with Crippen LogP contribution in [0.25, 0.3) is 0 Å². The van der Waals surface area contributed by atoms with E-state index in [0.717, 1.165) is 6.92 Å². The predicted molar refractivity (Wildman–Crippen MR) is 68.5 cm³/mol. The van der Waals surface area contributed by atoms with Crippen molar-refractivity contribution in [2.24, 2.45) is 0 Å². The zero-order valence-corrected chi connectivity index (χ0v) is 10.8. The molecular formula is C12H10N2O7. The van der Waals surface area contributed by atoms with Crippen LogP contribution < -0.4 is 0 Å². The summed E-state index contributed by atoms with van der Waals surface area (Å²) in [6, 6.07) is 4.82. The van der Waals surface area contributed by atoms with Gasteiger partial charge in [0, 0.05) is 10.5 Å². The maximum Gasteiger partial charge on any atom is 0.346 e. The number of nitro groups is 2. The van der Waals surface area contributed by atoms with E-state index in [-0.39, 0.29) is 5.56 Å². The lowest BCUT2D eigenvalue weighted by atomic mass is 9.99. The minimum atomic E-state index is -2.05. The van der Waals surface area contributed by atoms with Crippen LogP contribution in [0.4, 0.5) is 0 Å². The van der Waals surface area contributed by atoms with Crippen LogP contribution in [0.15, 0.2) is 41.6 Å². The molecule has 21 heavy (non-hydrogen) atoms. The van der Waals surface area contributed by atoms with Gasteiger partial charge in [0.2, 0.25) is 0 Å². The Balaban J connectivity index is 3.67. The van der Waals surface area contributed by atoms with E-state index in [1.165, 1.54) is 24.3 Å². The molecule has 1 N–H and O–H groups in total. The molecule has 0 amide bonds. The molecule has 0 spiro atoms. The summed E-state index contributed by atoms with van der Waals surface area (Å²) in [5.41, 5.74) is -2.55. The van der Waals surface area contributed by atoms with Crippen molar-refractivity contribution >= 4 is 11.8 Å². The van der Waals surface area contributed by atoms with Gasteiger partial charge in [-0.2, -0.15) is 0 Å². The summed E-state index contributed by atoms with van der Waals surface area (Å²) >= 11 is 0. The van der Waals surface area contributed by atoms with Gasteiger partial charge in [0.15, 0.2) is 11.4 Å². The van der Waals surface area contributed by atoms with E-state index >= 15 is 0 Å². The van der Waals surface area contributed by atoms with Crippen LogP contribution in [-0.4, -0.2) is 26.7 Å². The number of hydrogen-bond acceptors (Lipinski definition) is 6. The molecular weight excluding hydrogens is 284 g/mol. The molecule has 0 heterocycles. The van der Waals surface area contributed by atoms with Gasteiger partial charge in [-0.05, 0) is 6.92 Å². The van der Waals surface area contributed by atoms with Crippen molar-refractivity contribution < 1.29 is 24.5 Å². The fourth-order valence-corrected chi connectivity index (χ4v) is 1.78. The summed E-state index contributed by atoms with van der Waals surface area (Å²) in [4.78, 5) is 42.4. The van der Waals surface area contributed by atoms with Crippen molar-refractivity contribution in [1.82, 2.24) is 0 Å². The fraction of sp³-hybridized carbons (Fsp3) is 0.167. The van der Waals surface area contributed by atoms with Crippen molar-refractivity contribution in [2.75, 3.05) is 0 Å². The Morgan fingerprint density at radius 3 is 2.00 bits per heavy atom. The number of carbonyl (C=O) groups is 2. The average Bonchev–Trinajstić information content (AvgIpc) is 2.37. The SMILES string of the molecule is CC(=O)/C(C(=O)O)=C(\C(c1ccccc1)[N+](=O)[O-])[N+](=O)[O-]. The molecule has 1 aromatic carbocycles. The van der Waals surface area contributed by atoms with Crippen LogP contribution in [0.2, 0.25) is 0 Å². The monoisotopic (exact) mass is 294 g/mol. The van der Waals surface area contributed by atoms with Crippen LogP contribution in [-0.2, 0) is 9.59 Å². The van der Waals surface area contributed by atoms with Gasteiger partial charge < -0.3 is 5.11 Å². The van der Waals surface area contributed by atoms with Gasteiger partial charge in [-0.3, -0.25) is 25.0 Å². The first-order valence-electron chi connectivity index (χ1n) is 5.58. The Morgan fingerprint density at radius 1 is 1.14 bits per heavy atom. The first-order chi connectivity index (χ1) is 9.77. The summed E-state index contributed by atoms with van der Waals surface area (Å²) in [7, 11) is 0. The second-order valence-corrected chi connectivity index (χ2v) is 3.98. The van der Waals surface area contributed by atoms with Crippen molar-refractivity contribution in [3.05, 3.63) is 67.4 Å². The Bertz CT molecular complexity index is 620. The van der Waals surface area contributed by atoms with Crippen LogP contribution in [0.3, 0.4) is 0 Å². The van der Waals surface area contributed by atoms with Crippen molar-refractivity contribution in [2.45, 2.75) is 13.0 Å². The maximum absolute atomic E-state index is 11.3. The number of carbonyl (C=O) groups excluding carboxylic acids is 1. The number of rotatable bonds is 6. The smallest absolute Gasteiger partial charge is 0.346 e. The van der Waals surface area contributed by atoms with Gasteiger partial charge in [0.05, 0.1) is 4.92 Å². The molecule has 1 aromatic rings. The van der Waals surface area contributed by atoms with E-state index in [0.29, 0.717) is 0 Å². The molecule has 110 valence electrons. The zero-order valence-electron chi connectivity index (χ0n) is 10.8. The van der Waals surface area contributed by atoms with Crippen LogP contribution in [0.5, 0.6) is 0 Å². The van der Waals surface area contributed by atoms with Crippen LogP contribution >= 0.6 is 0 Å². The van der Waals surface area contributed by atoms with Crippen molar-refractivity contribution in [3.63, 3.8) is 0 Å². The van der Waals surface area contributed by atoms with Gasteiger partial charge in [0.25, 0.3) is 0 Å². The molecule has 0 radical (unpaired) electrons. The Kier molecular flexibility index (Phi) is 4.84. The quantitative estimate of drug-likeness (QED) is 0.273. The van der Waals surface area contributed by atoms with E-state index in [1.54, 1.807) is 6.07 Å². The number of Topliss-reactive ketones (excluding diaryl/α,β-unsaturated/α-hetero) is 1. The largest absolute Gasteiger partial charge is 0.477 e. The first-order valence-corrected chi connectivity index (χ1v) is 5.58. The van der Waals surface area contributed by atoms with E-state index in [2.05, 4.69) is 0 Å². The molecule has 1 rings (SSSR count). The molecule has 0 aliphatic rings. The molecule has 0 saturated carbocycles. The van der Waals surface area contributed by atoms with Crippen LogP contribution in [0, 0.1) is 20.2 Å². The molecule has 9 nitrogen and oxygen atoms in total. The number of benzene rings is 1. The lowest BCUT2D eigenvalue weighted by Gasteiger charge is -2.09. The summed E-state index contributed by atoms with van der Waals surface area (Å²) < 4.78 is 0. The van der Waals surface area contributed by atoms with Crippen LogP contribution in [0.1, 0.15) is 18.5 Å². The topological polar surface area (TPSA) is 141 Å². The van der Waals surface area contributed by atoms with Gasteiger partial charge >= 0.3 is 17.7 Å². The van der Waals surface area contributed by atoms with E-state index < -0.39 is 38.9 Å². The Hall–Kier alpha value is -3.10. The summed E-state index contributed by atoms with van der Waals surface area (Å²) in [5.74, 6) is -3.01. The van der Waals surface area contributed by atoms with Crippen molar-refractivity contribution in [3.8, 4) is 0 Å². The maximum atomic E-state index is 11.3. The van der Waals surface area contributed by atoms with E-state index in [1.807, 2.05) is 0 Å². The van der Waals surface area contributed by atoms with Gasteiger partial charge in [-0.15, -0.1) is 0 Å². The number of ketones is 1. The van der Waals surface area contributed by atoms with Gasteiger partial charge in [-0.1, -0.05) is 30.3 Å². The standard InChI is InChI=1S/C12H10N2O7/c1-7(15)9(12(16)17)11(14(20)21)10(13(18)19)8-5-3-2-4-6-8/h2-6,10H,1H3,(H,16,17)/b11-9-. The highest BCUT2D eigenvalue weighted by molar-refractivity contribution is 6.16.